The number of aromatic amines is 1. The summed E-state index contributed by atoms with van der Waals surface area (Å²) in [6.07, 6.45) is 4.33. The molecule has 1 fully saturated rings. The van der Waals surface area contributed by atoms with Gasteiger partial charge in [0.1, 0.15) is 12.0 Å². The molecule has 4 aromatic rings. The maximum Gasteiger partial charge on any atom is 0.409 e. The predicted molar refractivity (Wildman–Crippen MR) is 140 cm³/mol. The average Bonchev–Trinajstić information content (AvgIpc) is 3.48. The van der Waals surface area contributed by atoms with Crippen molar-refractivity contribution >= 4 is 28.7 Å². The largest absolute Gasteiger partial charge is 0.450 e. The molecule has 0 saturated carbocycles. The number of likely N-dealkylation sites (tertiary alicyclic amines) is 1. The zero-order chi connectivity index (χ0) is 25.4. The van der Waals surface area contributed by atoms with Gasteiger partial charge in [0.15, 0.2) is 0 Å². The SMILES string of the molecule is CCOC(=O)N1CCC(N2C(=O)c3ccccc3C2Nc2ccc3nc(-c4cccnc4)[nH]c3c2)CC1. The summed E-state index contributed by atoms with van der Waals surface area (Å²) in [5, 5.41) is 3.61. The highest BCUT2D eigenvalue weighted by molar-refractivity contribution is 6.00. The number of nitrogens with zero attached hydrogens (tertiary/aromatic N) is 4. The highest BCUT2D eigenvalue weighted by Gasteiger charge is 2.42. The van der Waals surface area contributed by atoms with Gasteiger partial charge in [-0.3, -0.25) is 9.78 Å². The summed E-state index contributed by atoms with van der Waals surface area (Å²) in [5.74, 6) is 0.779. The quantitative estimate of drug-likeness (QED) is 0.411. The third-order valence-electron chi connectivity index (χ3n) is 7.10. The van der Waals surface area contributed by atoms with Crippen molar-refractivity contribution in [1.82, 2.24) is 24.8 Å². The van der Waals surface area contributed by atoms with E-state index in [1.54, 1.807) is 24.2 Å². The standard InChI is InChI=1S/C28H28N6O3/c1-2-37-28(36)33-14-11-20(12-15-33)34-26(21-7-3-4-8-22(21)27(34)35)30-19-9-10-23-24(16-19)32-25(31-23)18-6-5-13-29-17-18/h3-10,13,16-17,20,26,30H,2,11-12,14-15H2,1H3,(H,31,32). The zero-order valence-corrected chi connectivity index (χ0v) is 20.6. The van der Waals surface area contributed by atoms with Crippen molar-refractivity contribution in [1.29, 1.82) is 0 Å². The van der Waals surface area contributed by atoms with E-state index < -0.39 is 0 Å². The number of carbonyl (C=O) groups is 2. The molecule has 0 bridgehead atoms. The van der Waals surface area contributed by atoms with Gasteiger partial charge in [-0.25, -0.2) is 9.78 Å². The molecule has 1 unspecified atom stereocenters. The number of rotatable bonds is 5. The molecule has 2 aromatic heterocycles. The van der Waals surface area contributed by atoms with Crippen molar-refractivity contribution < 1.29 is 14.3 Å². The third-order valence-corrected chi connectivity index (χ3v) is 7.10. The van der Waals surface area contributed by atoms with E-state index in [0.29, 0.717) is 38.1 Å². The Morgan fingerprint density at radius 1 is 1.14 bits per heavy atom. The molecule has 2 N–H and O–H groups in total. The van der Waals surface area contributed by atoms with Gasteiger partial charge in [0.25, 0.3) is 5.91 Å². The van der Waals surface area contributed by atoms with E-state index >= 15 is 0 Å². The van der Waals surface area contributed by atoms with E-state index in [4.69, 9.17) is 9.72 Å². The van der Waals surface area contributed by atoms with E-state index in [2.05, 4.69) is 15.3 Å². The number of anilines is 1. The van der Waals surface area contributed by atoms with Crippen molar-refractivity contribution in [3.05, 3.63) is 78.1 Å². The number of hydrogen-bond donors (Lipinski definition) is 2. The molecule has 1 saturated heterocycles. The number of imidazole rings is 1. The van der Waals surface area contributed by atoms with Crippen molar-refractivity contribution in [2.45, 2.75) is 32.0 Å². The number of pyridine rings is 1. The topological polar surface area (TPSA) is 103 Å². The Morgan fingerprint density at radius 2 is 1.97 bits per heavy atom. The second-order valence-corrected chi connectivity index (χ2v) is 9.32. The predicted octanol–water partition coefficient (Wildman–Crippen LogP) is 4.81. The van der Waals surface area contributed by atoms with Crippen LogP contribution in [0, 0.1) is 0 Å². The second kappa shape index (κ2) is 9.57. The normalized spacial score (nSPS) is 17.8. The van der Waals surface area contributed by atoms with Crippen LogP contribution in [0.2, 0.25) is 0 Å². The number of hydrogen-bond acceptors (Lipinski definition) is 6. The van der Waals surface area contributed by atoms with Gasteiger partial charge in [-0.1, -0.05) is 18.2 Å². The molecule has 37 heavy (non-hydrogen) atoms. The Morgan fingerprint density at radius 3 is 2.76 bits per heavy atom. The van der Waals surface area contributed by atoms with E-state index in [0.717, 1.165) is 33.7 Å². The van der Waals surface area contributed by atoms with Crippen LogP contribution in [0.4, 0.5) is 10.5 Å². The highest BCUT2D eigenvalue weighted by atomic mass is 16.6. The van der Waals surface area contributed by atoms with Gasteiger partial charge in [0.05, 0.1) is 17.6 Å². The monoisotopic (exact) mass is 496 g/mol. The van der Waals surface area contributed by atoms with Crippen LogP contribution >= 0.6 is 0 Å². The molecule has 0 radical (unpaired) electrons. The molecule has 2 aromatic carbocycles. The first-order valence-electron chi connectivity index (χ1n) is 12.6. The molecular weight excluding hydrogens is 468 g/mol. The van der Waals surface area contributed by atoms with E-state index in [-0.39, 0.29) is 24.2 Å². The number of amides is 2. The van der Waals surface area contributed by atoms with Crippen LogP contribution in [-0.2, 0) is 4.74 Å². The van der Waals surface area contributed by atoms with Gasteiger partial charge in [0, 0.05) is 53.9 Å². The maximum atomic E-state index is 13.5. The summed E-state index contributed by atoms with van der Waals surface area (Å²) in [5.41, 5.74) is 5.24. The molecule has 0 aliphatic carbocycles. The lowest BCUT2D eigenvalue weighted by molar-refractivity contribution is 0.0496. The minimum atomic E-state index is -0.305. The maximum absolute atomic E-state index is 13.5. The Kier molecular flexibility index (Phi) is 5.96. The summed E-state index contributed by atoms with van der Waals surface area (Å²) in [4.78, 5) is 41.7. The van der Waals surface area contributed by atoms with E-state index in [9.17, 15) is 9.59 Å². The number of ether oxygens (including phenoxy) is 1. The molecule has 2 aliphatic heterocycles. The van der Waals surface area contributed by atoms with Gasteiger partial charge in [-0.05, 0) is 56.2 Å². The number of carbonyl (C=O) groups excluding carboxylic acids is 2. The summed E-state index contributed by atoms with van der Waals surface area (Å²) in [6, 6.07) is 17.6. The molecule has 0 spiro atoms. The Balaban J connectivity index is 1.27. The summed E-state index contributed by atoms with van der Waals surface area (Å²) in [7, 11) is 0. The second-order valence-electron chi connectivity index (χ2n) is 9.32. The third kappa shape index (κ3) is 4.26. The molecule has 6 rings (SSSR count). The van der Waals surface area contributed by atoms with Crippen LogP contribution in [0.3, 0.4) is 0 Å². The minimum absolute atomic E-state index is 0.0103. The van der Waals surface area contributed by atoms with Crippen molar-refractivity contribution in [3.63, 3.8) is 0 Å². The highest BCUT2D eigenvalue weighted by Crippen LogP contribution is 2.38. The van der Waals surface area contributed by atoms with Crippen LogP contribution < -0.4 is 5.32 Å². The van der Waals surface area contributed by atoms with E-state index in [1.165, 1.54) is 0 Å². The fourth-order valence-electron chi connectivity index (χ4n) is 5.30. The minimum Gasteiger partial charge on any atom is -0.450 e. The van der Waals surface area contributed by atoms with Gasteiger partial charge >= 0.3 is 6.09 Å². The molecular formula is C28H28N6O3. The van der Waals surface area contributed by atoms with Gasteiger partial charge in [0.2, 0.25) is 0 Å². The molecule has 2 amide bonds. The number of fused-ring (bicyclic) bond motifs is 2. The van der Waals surface area contributed by atoms with Gasteiger partial charge in [-0.15, -0.1) is 0 Å². The first-order chi connectivity index (χ1) is 18.1. The van der Waals surface area contributed by atoms with Crippen LogP contribution in [0.1, 0.15) is 41.9 Å². The first kappa shape index (κ1) is 23.0. The number of nitrogens with one attached hydrogen (secondary N) is 2. The molecule has 188 valence electrons. The molecule has 1 atom stereocenters. The number of H-pyrrole nitrogens is 1. The van der Waals surface area contributed by atoms with Crippen molar-refractivity contribution in [3.8, 4) is 11.4 Å². The molecule has 9 nitrogen and oxygen atoms in total. The summed E-state index contributed by atoms with van der Waals surface area (Å²) in [6.45, 7) is 3.29. The molecule has 2 aliphatic rings. The lowest BCUT2D eigenvalue weighted by Gasteiger charge is -2.39. The van der Waals surface area contributed by atoms with Crippen LogP contribution in [0.15, 0.2) is 67.0 Å². The van der Waals surface area contributed by atoms with Crippen LogP contribution in [-0.4, -0.2) is 62.5 Å². The Hall–Kier alpha value is -4.40. The number of benzene rings is 2. The average molecular weight is 497 g/mol. The number of aromatic nitrogens is 3. The summed E-state index contributed by atoms with van der Waals surface area (Å²) >= 11 is 0. The van der Waals surface area contributed by atoms with Crippen molar-refractivity contribution in [2.75, 3.05) is 25.0 Å². The Bertz CT molecular complexity index is 1440. The first-order valence-corrected chi connectivity index (χ1v) is 12.6. The molecule has 4 heterocycles. The van der Waals surface area contributed by atoms with Crippen molar-refractivity contribution in [2.24, 2.45) is 0 Å². The lowest BCUT2D eigenvalue weighted by Crippen LogP contribution is -2.49. The molecule has 9 heteroatoms. The van der Waals surface area contributed by atoms with Gasteiger partial charge < -0.3 is 24.8 Å². The fraction of sp³-hybridized carbons (Fsp3) is 0.286. The fourth-order valence-corrected chi connectivity index (χ4v) is 5.30. The lowest BCUT2D eigenvalue weighted by atomic mass is 10.0. The van der Waals surface area contributed by atoms with Crippen LogP contribution in [0.25, 0.3) is 22.4 Å². The van der Waals surface area contributed by atoms with Gasteiger partial charge in [-0.2, -0.15) is 0 Å². The van der Waals surface area contributed by atoms with E-state index in [1.807, 2.05) is 59.5 Å². The van der Waals surface area contributed by atoms with Crippen LogP contribution in [0.5, 0.6) is 0 Å². The number of piperidine rings is 1. The summed E-state index contributed by atoms with van der Waals surface area (Å²) < 4.78 is 5.16. The smallest absolute Gasteiger partial charge is 0.409 e. The Labute approximate surface area is 214 Å². The zero-order valence-electron chi connectivity index (χ0n) is 20.6.